The Morgan fingerprint density at radius 1 is 0.714 bits per heavy atom. The molecule has 0 bridgehead atoms. The van der Waals surface area contributed by atoms with E-state index in [4.69, 9.17) is 9.47 Å². The third-order valence-electron chi connectivity index (χ3n) is 7.62. The lowest BCUT2D eigenvalue weighted by molar-refractivity contribution is -0.158. The van der Waals surface area contributed by atoms with Crippen molar-refractivity contribution in [1.82, 2.24) is 0 Å². The molecule has 6 atom stereocenters. The van der Waals surface area contributed by atoms with Gasteiger partial charge in [-0.3, -0.25) is 19.2 Å². The van der Waals surface area contributed by atoms with Crippen molar-refractivity contribution in [2.45, 2.75) is 125 Å². The van der Waals surface area contributed by atoms with E-state index in [-0.39, 0.29) is 48.6 Å². The number of ether oxygens (including phenoxy) is 2. The molecule has 0 aliphatic heterocycles. The van der Waals surface area contributed by atoms with Gasteiger partial charge in [0.25, 0.3) is 0 Å². The van der Waals surface area contributed by atoms with Crippen LogP contribution in [0.15, 0.2) is 0 Å². The summed E-state index contributed by atoms with van der Waals surface area (Å²) in [5, 5.41) is 0. The largest absolute Gasteiger partial charge is 0.462 e. The molecule has 2 rings (SSSR count). The average molecular weight is 495 g/mol. The molecule has 0 aromatic heterocycles. The Labute approximate surface area is 213 Å². The van der Waals surface area contributed by atoms with Gasteiger partial charge in [0, 0.05) is 6.42 Å². The first-order chi connectivity index (χ1) is 16.3. The smallest absolute Gasteiger partial charge is 0.313 e. The van der Waals surface area contributed by atoms with Crippen molar-refractivity contribution in [3.63, 3.8) is 0 Å². The number of carbonyl (C=O) groups is 4. The predicted molar refractivity (Wildman–Crippen MR) is 138 cm³/mol. The summed E-state index contributed by atoms with van der Waals surface area (Å²) in [6.45, 7) is 16.3. The van der Waals surface area contributed by atoms with E-state index in [2.05, 4.69) is 41.5 Å². The molecule has 202 valence electrons. The van der Waals surface area contributed by atoms with Gasteiger partial charge < -0.3 is 9.47 Å². The van der Waals surface area contributed by atoms with Gasteiger partial charge in [-0.1, -0.05) is 61.3 Å². The maximum absolute atomic E-state index is 11.7. The molecule has 0 heterocycles. The van der Waals surface area contributed by atoms with Gasteiger partial charge in [0.1, 0.15) is 36.6 Å². The number of rotatable bonds is 9. The van der Waals surface area contributed by atoms with E-state index in [1.807, 2.05) is 0 Å². The first-order valence-corrected chi connectivity index (χ1v) is 13.7. The number of ketones is 2. The van der Waals surface area contributed by atoms with Crippen LogP contribution in [0.2, 0.25) is 0 Å². The summed E-state index contributed by atoms with van der Waals surface area (Å²) in [4.78, 5) is 45.4. The van der Waals surface area contributed by atoms with Gasteiger partial charge in [0.2, 0.25) is 0 Å². The van der Waals surface area contributed by atoms with Gasteiger partial charge in [-0.15, -0.1) is 0 Å². The van der Waals surface area contributed by atoms with Gasteiger partial charge in [0.05, 0.1) is 0 Å². The lowest BCUT2D eigenvalue weighted by atomic mass is 9.75. The highest BCUT2D eigenvalue weighted by Gasteiger charge is 2.34. The van der Waals surface area contributed by atoms with Gasteiger partial charge in [-0.2, -0.15) is 0 Å². The van der Waals surface area contributed by atoms with Crippen molar-refractivity contribution in [3.05, 3.63) is 0 Å². The van der Waals surface area contributed by atoms with Crippen LogP contribution < -0.4 is 0 Å². The summed E-state index contributed by atoms with van der Waals surface area (Å²) in [6, 6.07) is 0. The van der Waals surface area contributed by atoms with Crippen molar-refractivity contribution >= 4 is 23.5 Å². The maximum Gasteiger partial charge on any atom is 0.313 e. The summed E-state index contributed by atoms with van der Waals surface area (Å²) in [5.74, 6) is 2.30. The average Bonchev–Trinajstić information content (AvgIpc) is 2.73. The van der Waals surface area contributed by atoms with Crippen LogP contribution in [-0.4, -0.2) is 35.7 Å². The van der Waals surface area contributed by atoms with Crippen LogP contribution in [0.1, 0.15) is 113 Å². The standard InChI is InChI=1S/C15H26O3.C14H24O3/c1-5-12(16)9-15(17)18-14-8-11(4)6-7-13(14)10(2)3;1-9(2)12-6-5-10(3)7-13(12)17-14(16)8-11(4)15/h10-11,13-14H,5-9H2,1-4H3;9-10,12-13H,5-8H2,1-4H3/t11-,13+,14-;10-,12+,13-/m11/s1. The number of esters is 2. The van der Waals surface area contributed by atoms with Crippen LogP contribution in [0.3, 0.4) is 0 Å². The fraction of sp³-hybridized carbons (Fsp3) is 0.862. The van der Waals surface area contributed by atoms with Crippen LogP contribution in [0.4, 0.5) is 0 Å². The van der Waals surface area contributed by atoms with E-state index in [1.165, 1.54) is 19.8 Å². The molecule has 0 radical (unpaired) electrons. The molecule has 2 aliphatic rings. The Balaban J connectivity index is 0.000000351. The molecule has 0 saturated heterocycles. The number of Topliss-reactive ketones (excluding diaryl/α,β-unsaturated/α-hetero) is 2. The molecule has 2 fully saturated rings. The quantitative estimate of drug-likeness (QED) is 0.275. The normalized spacial score (nSPS) is 28.6. The van der Waals surface area contributed by atoms with Crippen molar-refractivity contribution in [1.29, 1.82) is 0 Å². The van der Waals surface area contributed by atoms with E-state index in [9.17, 15) is 19.2 Å². The Kier molecular flexibility index (Phi) is 13.8. The summed E-state index contributed by atoms with van der Waals surface area (Å²) < 4.78 is 11.0. The topological polar surface area (TPSA) is 86.7 Å². The minimum Gasteiger partial charge on any atom is -0.462 e. The second-order valence-electron chi connectivity index (χ2n) is 11.7. The first-order valence-electron chi connectivity index (χ1n) is 13.7. The molecular weight excluding hydrogens is 444 g/mol. The van der Waals surface area contributed by atoms with Crippen LogP contribution in [-0.2, 0) is 28.7 Å². The molecule has 6 heteroatoms. The second-order valence-corrected chi connectivity index (χ2v) is 11.7. The Morgan fingerprint density at radius 2 is 1.11 bits per heavy atom. The zero-order chi connectivity index (χ0) is 26.7. The summed E-state index contributed by atoms with van der Waals surface area (Å²) in [7, 11) is 0. The van der Waals surface area contributed by atoms with Gasteiger partial charge in [-0.05, 0) is 68.1 Å². The highest BCUT2D eigenvalue weighted by atomic mass is 16.5. The van der Waals surface area contributed by atoms with Crippen LogP contribution >= 0.6 is 0 Å². The molecule has 0 unspecified atom stereocenters. The van der Waals surface area contributed by atoms with E-state index in [1.54, 1.807) is 6.92 Å². The van der Waals surface area contributed by atoms with Gasteiger partial charge in [0.15, 0.2) is 0 Å². The van der Waals surface area contributed by atoms with E-state index < -0.39 is 0 Å². The minimum absolute atomic E-state index is 0.00519. The molecule has 0 aromatic carbocycles. The fourth-order valence-electron chi connectivity index (χ4n) is 5.41. The fourth-order valence-corrected chi connectivity index (χ4v) is 5.41. The summed E-state index contributed by atoms with van der Waals surface area (Å²) in [6.07, 6.45) is 6.81. The molecule has 2 saturated carbocycles. The van der Waals surface area contributed by atoms with Crippen LogP contribution in [0, 0.1) is 35.5 Å². The molecule has 0 spiro atoms. The molecule has 35 heavy (non-hydrogen) atoms. The monoisotopic (exact) mass is 494 g/mol. The summed E-state index contributed by atoms with van der Waals surface area (Å²) in [5.41, 5.74) is 0. The van der Waals surface area contributed by atoms with Crippen molar-refractivity contribution in [3.8, 4) is 0 Å². The molecule has 0 amide bonds. The molecule has 6 nitrogen and oxygen atoms in total. The SMILES string of the molecule is CC(=O)CC(=O)O[C@@H]1C[C@H](C)CC[C@H]1C(C)C.CCC(=O)CC(=O)O[C@@H]1C[C@H](C)CC[C@H]1C(C)C. The number of hydrogen-bond donors (Lipinski definition) is 0. The van der Waals surface area contributed by atoms with Gasteiger partial charge >= 0.3 is 11.9 Å². The van der Waals surface area contributed by atoms with E-state index in [0.29, 0.717) is 41.9 Å². The second kappa shape index (κ2) is 15.4. The van der Waals surface area contributed by atoms with E-state index in [0.717, 1.165) is 25.7 Å². The summed E-state index contributed by atoms with van der Waals surface area (Å²) >= 11 is 0. The Hall–Kier alpha value is -1.72. The molecule has 0 aromatic rings. The van der Waals surface area contributed by atoms with E-state index >= 15 is 0 Å². The van der Waals surface area contributed by atoms with Gasteiger partial charge in [-0.25, -0.2) is 0 Å². The van der Waals surface area contributed by atoms with Crippen molar-refractivity contribution in [2.75, 3.05) is 0 Å². The molecule has 0 N–H and O–H groups in total. The molecule has 2 aliphatic carbocycles. The zero-order valence-electron chi connectivity index (χ0n) is 23.4. The first kappa shape index (κ1) is 31.3. The maximum atomic E-state index is 11.7. The highest BCUT2D eigenvalue weighted by Crippen LogP contribution is 2.36. The van der Waals surface area contributed by atoms with Crippen LogP contribution in [0.25, 0.3) is 0 Å². The Morgan fingerprint density at radius 3 is 1.46 bits per heavy atom. The third-order valence-corrected chi connectivity index (χ3v) is 7.62. The lowest BCUT2D eigenvalue weighted by Crippen LogP contribution is -2.36. The molecular formula is C29H50O6. The predicted octanol–water partition coefficient (Wildman–Crippen LogP) is 6.33. The van der Waals surface area contributed by atoms with Crippen LogP contribution in [0.5, 0.6) is 0 Å². The third kappa shape index (κ3) is 11.7. The Bertz CT molecular complexity index is 697. The number of carbonyl (C=O) groups excluding carboxylic acids is 4. The lowest BCUT2D eigenvalue weighted by Gasteiger charge is -2.36. The van der Waals surface area contributed by atoms with Crippen molar-refractivity contribution < 1.29 is 28.7 Å². The zero-order valence-corrected chi connectivity index (χ0v) is 23.4. The number of hydrogen-bond acceptors (Lipinski definition) is 6. The van der Waals surface area contributed by atoms with Crippen molar-refractivity contribution in [2.24, 2.45) is 35.5 Å². The highest BCUT2D eigenvalue weighted by molar-refractivity contribution is 5.95. The minimum atomic E-state index is -0.359.